The van der Waals surface area contributed by atoms with Gasteiger partial charge in [-0.25, -0.2) is 14.0 Å². The monoisotopic (exact) mass is 479 g/mol. The number of carboxylic acid groups (broad SMARTS) is 2. The fraction of sp³-hybridized carbons (Fsp3) is 0.286. The minimum Gasteiger partial charge on any atom is -0.481 e. The van der Waals surface area contributed by atoms with Crippen LogP contribution in [0.3, 0.4) is 0 Å². The number of hydrogen-bond acceptors (Lipinski definition) is 7. The second-order valence-electron chi connectivity index (χ2n) is 7.15. The van der Waals surface area contributed by atoms with Crippen LogP contribution in [-0.4, -0.2) is 45.9 Å². The maximum absolute atomic E-state index is 14.1. The summed E-state index contributed by atoms with van der Waals surface area (Å²) < 4.78 is 19.1. The Morgan fingerprint density at radius 2 is 1.91 bits per heavy atom. The largest absolute Gasteiger partial charge is 0.481 e. The molecule has 1 unspecified atom stereocenters. The highest BCUT2D eigenvalue weighted by molar-refractivity contribution is 7.13. The molecule has 12 heteroatoms. The van der Waals surface area contributed by atoms with Crippen LogP contribution in [0.2, 0.25) is 0 Å². The molecule has 2 atom stereocenters. The Labute approximate surface area is 191 Å². The number of benzene rings is 1. The van der Waals surface area contributed by atoms with Gasteiger partial charge >= 0.3 is 17.9 Å². The second kappa shape index (κ2) is 11.2. The van der Waals surface area contributed by atoms with E-state index < -0.39 is 48.0 Å². The topological polar surface area (TPSA) is 180 Å². The molecule has 176 valence electrons. The Morgan fingerprint density at radius 1 is 1.21 bits per heavy atom. The molecule has 1 heterocycles. The van der Waals surface area contributed by atoms with Crippen LogP contribution < -0.4 is 15.8 Å². The van der Waals surface area contributed by atoms with Crippen LogP contribution in [0.5, 0.6) is 5.75 Å². The molecule has 0 bridgehead atoms. The molecule has 1 aromatic heterocycles. The number of aliphatic carboxylic acids is 2. The molecule has 1 aromatic carbocycles. The molecule has 0 fully saturated rings. The molecule has 1 amide bonds. The van der Waals surface area contributed by atoms with Crippen LogP contribution in [0, 0.1) is 17.1 Å². The summed E-state index contributed by atoms with van der Waals surface area (Å²) in [6.45, 7) is 1.56. The van der Waals surface area contributed by atoms with Crippen molar-refractivity contribution in [3.63, 3.8) is 0 Å². The lowest BCUT2D eigenvalue weighted by Crippen LogP contribution is -2.43. The third kappa shape index (κ3) is 7.38. The van der Waals surface area contributed by atoms with Crippen molar-refractivity contribution in [3.8, 4) is 5.75 Å². The Morgan fingerprint density at radius 3 is 2.48 bits per heavy atom. The summed E-state index contributed by atoms with van der Waals surface area (Å²) in [5.74, 6) is -6.05. The van der Waals surface area contributed by atoms with Gasteiger partial charge in [-0.05, 0) is 43.2 Å². The zero-order valence-electron chi connectivity index (χ0n) is 17.5. The van der Waals surface area contributed by atoms with Crippen LogP contribution >= 0.6 is 11.3 Å². The van der Waals surface area contributed by atoms with Crippen LogP contribution in [-0.2, 0) is 20.8 Å². The lowest BCUT2D eigenvalue weighted by Gasteiger charge is -2.17. The van der Waals surface area contributed by atoms with Crippen LogP contribution in [0.15, 0.2) is 30.3 Å². The molecule has 10 nitrogen and oxygen atoms in total. The minimum atomic E-state index is -1.33. The number of rotatable bonds is 11. The summed E-state index contributed by atoms with van der Waals surface area (Å²) in [5.41, 5.74) is 5.43. The number of carbonyl (C=O) groups excluding carboxylic acids is 2. The maximum atomic E-state index is 14.1. The summed E-state index contributed by atoms with van der Waals surface area (Å²) in [4.78, 5) is 47.3. The van der Waals surface area contributed by atoms with Crippen molar-refractivity contribution in [3.05, 3.63) is 51.5 Å². The van der Waals surface area contributed by atoms with Crippen LogP contribution in [0.1, 0.15) is 39.9 Å². The van der Waals surface area contributed by atoms with Crippen molar-refractivity contribution in [2.45, 2.75) is 32.2 Å². The van der Waals surface area contributed by atoms with E-state index >= 15 is 0 Å². The number of hydrogen-bond donors (Lipinski definition) is 5. The third-order valence-corrected chi connectivity index (χ3v) is 5.61. The summed E-state index contributed by atoms with van der Waals surface area (Å²) >= 11 is 1.03. The average molecular weight is 479 g/mol. The first-order valence-corrected chi connectivity index (χ1v) is 10.5. The maximum Gasteiger partial charge on any atom is 0.353 e. The standard InChI is InChI=1S/C21H22FN3O7S/c1-10(19(28)25-14(20(29)30)4-7-17(26)27)8-12-3-6-16(33-12)21(31)32-15-5-2-11(18(23)24)9-13(15)22/h2-3,5-6,9-10,14H,4,7-8H2,1H3,(H3,23,24)(H,25,28)(H,26,27)(H,29,30)/t10?,14-/m0/s1. The SMILES string of the molecule is CC(Cc1ccc(C(=O)Oc2ccc(C(=N)N)cc2F)s1)C(=O)N[C@@H](CCC(=O)O)C(=O)O. The van der Waals surface area contributed by atoms with Gasteiger partial charge in [-0.1, -0.05) is 6.92 Å². The van der Waals surface area contributed by atoms with E-state index in [2.05, 4.69) is 5.32 Å². The number of halogens is 1. The van der Waals surface area contributed by atoms with Crippen molar-refractivity contribution in [1.29, 1.82) is 5.41 Å². The number of amides is 1. The van der Waals surface area contributed by atoms with Gasteiger partial charge in [0.25, 0.3) is 0 Å². The van der Waals surface area contributed by atoms with Gasteiger partial charge in [0.15, 0.2) is 11.6 Å². The van der Waals surface area contributed by atoms with E-state index in [1.165, 1.54) is 18.2 Å². The summed E-state index contributed by atoms with van der Waals surface area (Å²) in [5, 5.41) is 27.5. The Hall–Kier alpha value is -3.80. The number of ether oxygens (including phenoxy) is 1. The number of nitrogens with one attached hydrogen (secondary N) is 2. The van der Waals surface area contributed by atoms with E-state index in [9.17, 15) is 23.6 Å². The van der Waals surface area contributed by atoms with Crippen molar-refractivity contribution >= 4 is 41.0 Å². The molecule has 0 spiro atoms. The molecule has 0 saturated heterocycles. The van der Waals surface area contributed by atoms with Crippen LogP contribution in [0.4, 0.5) is 4.39 Å². The number of esters is 1. The highest BCUT2D eigenvalue weighted by atomic mass is 32.1. The molecule has 0 aliphatic heterocycles. The first kappa shape index (κ1) is 25.5. The predicted octanol–water partition coefficient (Wildman–Crippen LogP) is 2.00. The molecule has 33 heavy (non-hydrogen) atoms. The zero-order valence-corrected chi connectivity index (χ0v) is 18.3. The summed E-state index contributed by atoms with van der Waals surface area (Å²) in [7, 11) is 0. The number of carboxylic acids is 2. The fourth-order valence-electron chi connectivity index (χ4n) is 2.73. The van der Waals surface area contributed by atoms with E-state index in [1.807, 2.05) is 0 Å². The fourth-order valence-corrected chi connectivity index (χ4v) is 3.75. The summed E-state index contributed by atoms with van der Waals surface area (Å²) in [6.07, 6.45) is -0.459. The number of thiophene rings is 1. The molecule has 0 radical (unpaired) electrons. The van der Waals surface area contributed by atoms with E-state index in [1.54, 1.807) is 13.0 Å². The first-order valence-electron chi connectivity index (χ1n) is 9.67. The average Bonchev–Trinajstić information content (AvgIpc) is 3.20. The van der Waals surface area contributed by atoms with Crippen molar-refractivity contribution in [2.24, 2.45) is 11.7 Å². The van der Waals surface area contributed by atoms with Gasteiger partial charge in [0, 0.05) is 22.8 Å². The van der Waals surface area contributed by atoms with Crippen LogP contribution in [0.25, 0.3) is 0 Å². The number of nitrogens with two attached hydrogens (primary N) is 1. The summed E-state index contributed by atoms with van der Waals surface area (Å²) in [6, 6.07) is 5.24. The van der Waals surface area contributed by atoms with Crippen molar-refractivity contribution < 1.29 is 38.5 Å². The molecule has 0 saturated carbocycles. The molecular weight excluding hydrogens is 457 g/mol. The van der Waals surface area contributed by atoms with Gasteiger partial charge in [0.1, 0.15) is 16.8 Å². The Balaban J connectivity index is 1.98. The molecule has 0 aliphatic carbocycles. The minimum absolute atomic E-state index is 0.145. The lowest BCUT2D eigenvalue weighted by atomic mass is 10.0. The zero-order chi connectivity index (χ0) is 24.7. The van der Waals surface area contributed by atoms with Gasteiger partial charge < -0.3 is 26.0 Å². The van der Waals surface area contributed by atoms with E-state index in [4.69, 9.17) is 26.1 Å². The predicted molar refractivity (Wildman–Crippen MR) is 116 cm³/mol. The van der Waals surface area contributed by atoms with E-state index in [-0.39, 0.29) is 34.9 Å². The second-order valence-corrected chi connectivity index (χ2v) is 8.32. The van der Waals surface area contributed by atoms with Crippen molar-refractivity contribution in [2.75, 3.05) is 0 Å². The van der Waals surface area contributed by atoms with Gasteiger partial charge in [0.2, 0.25) is 5.91 Å². The molecule has 0 aliphatic rings. The molecular formula is C21H22FN3O7S. The molecule has 2 aromatic rings. The van der Waals surface area contributed by atoms with Gasteiger partial charge in [-0.2, -0.15) is 0 Å². The number of nitrogen functional groups attached to an aromatic ring is 1. The highest BCUT2D eigenvalue weighted by Gasteiger charge is 2.24. The smallest absolute Gasteiger partial charge is 0.353 e. The van der Waals surface area contributed by atoms with Gasteiger partial charge in [-0.3, -0.25) is 15.0 Å². The van der Waals surface area contributed by atoms with Gasteiger partial charge in [0.05, 0.1) is 0 Å². The molecule has 2 rings (SSSR count). The third-order valence-electron chi connectivity index (χ3n) is 4.52. The lowest BCUT2D eigenvalue weighted by molar-refractivity contribution is -0.143. The Kier molecular flexibility index (Phi) is 8.63. The van der Waals surface area contributed by atoms with E-state index in [0.717, 1.165) is 17.4 Å². The highest BCUT2D eigenvalue weighted by Crippen LogP contribution is 2.24. The Bertz CT molecular complexity index is 1090. The van der Waals surface area contributed by atoms with E-state index in [0.29, 0.717) is 4.88 Å². The van der Waals surface area contributed by atoms with Gasteiger partial charge in [-0.15, -0.1) is 11.3 Å². The molecule has 6 N–H and O–H groups in total. The number of amidine groups is 1. The first-order chi connectivity index (χ1) is 15.5. The van der Waals surface area contributed by atoms with Crippen molar-refractivity contribution in [1.82, 2.24) is 5.32 Å². The quantitative estimate of drug-likeness (QED) is 0.140. The normalized spacial score (nSPS) is 12.4. The number of carbonyl (C=O) groups is 4.